The smallest absolute Gasteiger partial charge is 0.364 e. The van der Waals surface area contributed by atoms with Crippen LogP contribution < -0.4 is 4.74 Å². The lowest BCUT2D eigenvalue weighted by molar-refractivity contribution is -0.130. The van der Waals surface area contributed by atoms with Crippen LogP contribution in [0.1, 0.15) is 18.1 Å². The Bertz CT molecular complexity index is 955. The van der Waals surface area contributed by atoms with E-state index in [-0.39, 0.29) is 0 Å². The van der Waals surface area contributed by atoms with Gasteiger partial charge in [-0.2, -0.15) is 0 Å². The topological polar surface area (TPSA) is 47.9 Å². The Kier molecular flexibility index (Phi) is 3.93. The van der Waals surface area contributed by atoms with Crippen molar-refractivity contribution < 1.29 is 14.3 Å². The van der Waals surface area contributed by atoms with Gasteiger partial charge in [-0.15, -0.1) is 11.8 Å². The number of allylic oxidation sites excluding steroid dienone is 2. The van der Waals surface area contributed by atoms with Crippen LogP contribution >= 0.6 is 11.8 Å². The van der Waals surface area contributed by atoms with E-state index < -0.39 is 5.97 Å². The van der Waals surface area contributed by atoms with Gasteiger partial charge in [0.15, 0.2) is 11.6 Å². The number of ether oxygens (including phenoxy) is 2. The molecule has 0 spiro atoms. The van der Waals surface area contributed by atoms with Gasteiger partial charge in [0.1, 0.15) is 11.5 Å². The normalized spacial score (nSPS) is 18.9. The van der Waals surface area contributed by atoms with Crippen LogP contribution in [-0.4, -0.2) is 18.1 Å². The van der Waals surface area contributed by atoms with Gasteiger partial charge in [0.2, 0.25) is 0 Å². The lowest BCUT2D eigenvalue weighted by Crippen LogP contribution is -2.07. The van der Waals surface area contributed by atoms with E-state index in [1.807, 2.05) is 60.9 Å². The number of cyclic esters (lactones) is 1. The van der Waals surface area contributed by atoms with Gasteiger partial charge >= 0.3 is 5.97 Å². The quantitative estimate of drug-likeness (QED) is 0.454. The van der Waals surface area contributed by atoms with Crippen LogP contribution in [0.5, 0.6) is 5.75 Å². The highest BCUT2D eigenvalue weighted by Crippen LogP contribution is 2.39. The second kappa shape index (κ2) is 6.26. The number of thioether (sulfide) groups is 1. The summed E-state index contributed by atoms with van der Waals surface area (Å²) in [5, 5.41) is 0. The zero-order chi connectivity index (χ0) is 17.4. The van der Waals surface area contributed by atoms with Gasteiger partial charge in [-0.25, -0.2) is 9.79 Å². The van der Waals surface area contributed by atoms with Crippen LogP contribution in [0.4, 0.5) is 0 Å². The molecule has 2 aliphatic rings. The van der Waals surface area contributed by atoms with Crippen molar-refractivity contribution in [3.63, 3.8) is 0 Å². The summed E-state index contributed by atoms with van der Waals surface area (Å²) in [5.41, 5.74) is 2.80. The Morgan fingerprint density at radius 3 is 2.44 bits per heavy atom. The van der Waals surface area contributed by atoms with Crippen molar-refractivity contribution >= 4 is 35.0 Å². The molecule has 0 atom stereocenters. The largest absolute Gasteiger partial charge is 0.456 e. The van der Waals surface area contributed by atoms with Gasteiger partial charge in [0.25, 0.3) is 0 Å². The number of para-hydroxylation sites is 1. The van der Waals surface area contributed by atoms with E-state index >= 15 is 0 Å². The molecule has 2 aromatic carbocycles. The lowest BCUT2D eigenvalue weighted by atomic mass is 9.98. The average Bonchev–Trinajstić information content (AvgIpc) is 2.99. The molecule has 2 heterocycles. The molecular weight excluding hydrogens is 334 g/mol. The first-order valence-electron chi connectivity index (χ1n) is 7.81. The highest BCUT2D eigenvalue weighted by Gasteiger charge is 2.28. The minimum Gasteiger partial charge on any atom is -0.456 e. The Hall–Kier alpha value is -2.79. The molecule has 5 heteroatoms. The first-order valence-corrected chi connectivity index (χ1v) is 9.03. The van der Waals surface area contributed by atoms with Crippen molar-refractivity contribution in [2.75, 3.05) is 6.26 Å². The maximum absolute atomic E-state index is 12.2. The zero-order valence-electron chi connectivity index (χ0n) is 13.8. The summed E-state index contributed by atoms with van der Waals surface area (Å²) in [6, 6.07) is 15.7. The summed E-state index contributed by atoms with van der Waals surface area (Å²) in [5.74, 6) is 1.30. The molecule has 0 aliphatic carbocycles. The van der Waals surface area contributed by atoms with E-state index in [9.17, 15) is 4.79 Å². The number of carbonyl (C=O) groups is 1. The number of aliphatic imine (C=N–C) groups is 1. The maximum Gasteiger partial charge on any atom is 0.364 e. The van der Waals surface area contributed by atoms with Crippen LogP contribution in [0.3, 0.4) is 0 Å². The Morgan fingerprint density at radius 1 is 1.00 bits per heavy atom. The van der Waals surface area contributed by atoms with Gasteiger partial charge in [0.05, 0.1) is 0 Å². The highest BCUT2D eigenvalue weighted by atomic mass is 32.2. The fourth-order valence-electron chi connectivity index (χ4n) is 2.81. The standard InChI is InChI=1S/C20H15NO3S/c1-12-21-19(20(22)23-12)16-11-18(13-7-9-14(25-2)10-8-13)24-17-6-4-3-5-15(16)17/h3-11H,1-2H3. The third-order valence-electron chi connectivity index (χ3n) is 4.01. The maximum atomic E-state index is 12.2. The molecule has 124 valence electrons. The molecule has 4 rings (SSSR count). The van der Waals surface area contributed by atoms with Gasteiger partial charge in [-0.05, 0) is 30.5 Å². The molecule has 0 amide bonds. The Labute approximate surface area is 149 Å². The monoisotopic (exact) mass is 349 g/mol. The molecular formula is C20H15NO3S. The van der Waals surface area contributed by atoms with Crippen LogP contribution in [0.25, 0.3) is 11.3 Å². The molecule has 0 aromatic heterocycles. The summed E-state index contributed by atoms with van der Waals surface area (Å²) in [6.45, 7) is 1.67. The van der Waals surface area contributed by atoms with Crippen LogP contribution in [0.2, 0.25) is 0 Å². The van der Waals surface area contributed by atoms with E-state index in [0.29, 0.717) is 28.7 Å². The Morgan fingerprint density at radius 2 is 1.76 bits per heavy atom. The predicted molar refractivity (Wildman–Crippen MR) is 99.4 cm³/mol. The van der Waals surface area contributed by atoms with Crippen LogP contribution in [-0.2, 0) is 9.53 Å². The van der Waals surface area contributed by atoms with Gasteiger partial charge < -0.3 is 9.47 Å². The van der Waals surface area contributed by atoms with Crippen LogP contribution in [0.15, 0.2) is 70.2 Å². The molecule has 0 fully saturated rings. The van der Waals surface area contributed by atoms with Gasteiger partial charge in [0, 0.05) is 28.5 Å². The van der Waals surface area contributed by atoms with Crippen molar-refractivity contribution in [1.82, 2.24) is 0 Å². The van der Waals surface area contributed by atoms with E-state index in [4.69, 9.17) is 9.47 Å². The van der Waals surface area contributed by atoms with E-state index in [1.54, 1.807) is 18.7 Å². The number of hydrogen-bond donors (Lipinski definition) is 0. The molecule has 25 heavy (non-hydrogen) atoms. The molecule has 2 aliphatic heterocycles. The summed E-state index contributed by atoms with van der Waals surface area (Å²) in [4.78, 5) is 17.6. The Balaban J connectivity index is 1.87. The summed E-state index contributed by atoms with van der Waals surface area (Å²) >= 11 is 1.69. The second-order valence-electron chi connectivity index (χ2n) is 5.62. The molecule has 0 N–H and O–H groups in total. The SMILES string of the molecule is CSc1ccc(C2=CC(=C3N=C(C)OC3=O)c3ccccc3O2)cc1. The number of esters is 1. The fraction of sp³-hybridized carbons (Fsp3) is 0.100. The number of carbonyl (C=O) groups excluding carboxylic acids is 1. The molecule has 0 radical (unpaired) electrons. The molecule has 0 saturated heterocycles. The lowest BCUT2D eigenvalue weighted by Gasteiger charge is -2.20. The third-order valence-corrected chi connectivity index (χ3v) is 4.75. The average molecular weight is 349 g/mol. The predicted octanol–water partition coefficient (Wildman–Crippen LogP) is 4.53. The molecule has 0 bridgehead atoms. The number of benzene rings is 2. The van der Waals surface area contributed by atoms with Crippen molar-refractivity contribution in [2.45, 2.75) is 11.8 Å². The van der Waals surface area contributed by atoms with Crippen molar-refractivity contribution in [3.8, 4) is 5.75 Å². The summed E-state index contributed by atoms with van der Waals surface area (Å²) < 4.78 is 11.2. The summed E-state index contributed by atoms with van der Waals surface area (Å²) in [7, 11) is 0. The van der Waals surface area contributed by atoms with Gasteiger partial charge in [-0.1, -0.05) is 30.3 Å². The number of rotatable bonds is 2. The fourth-order valence-corrected chi connectivity index (χ4v) is 3.22. The van der Waals surface area contributed by atoms with E-state index in [2.05, 4.69) is 4.99 Å². The number of fused-ring (bicyclic) bond motifs is 1. The van der Waals surface area contributed by atoms with Crippen LogP contribution in [0, 0.1) is 0 Å². The van der Waals surface area contributed by atoms with Crippen molar-refractivity contribution in [2.24, 2.45) is 4.99 Å². The minimum absolute atomic E-state index is 0.312. The highest BCUT2D eigenvalue weighted by molar-refractivity contribution is 7.98. The first-order chi connectivity index (χ1) is 12.2. The van der Waals surface area contributed by atoms with E-state index in [0.717, 1.165) is 11.1 Å². The molecule has 0 unspecified atom stereocenters. The zero-order valence-corrected chi connectivity index (χ0v) is 14.6. The number of nitrogens with zero attached hydrogens (tertiary/aromatic N) is 1. The molecule has 2 aromatic rings. The third kappa shape index (κ3) is 2.87. The van der Waals surface area contributed by atoms with Crippen molar-refractivity contribution in [1.29, 1.82) is 0 Å². The van der Waals surface area contributed by atoms with Crippen molar-refractivity contribution in [3.05, 3.63) is 71.4 Å². The molecule has 4 nitrogen and oxygen atoms in total. The second-order valence-corrected chi connectivity index (χ2v) is 6.50. The van der Waals surface area contributed by atoms with E-state index in [1.165, 1.54) is 4.90 Å². The molecule has 0 saturated carbocycles. The first kappa shape index (κ1) is 15.7. The number of hydrogen-bond acceptors (Lipinski definition) is 5. The minimum atomic E-state index is -0.433. The summed E-state index contributed by atoms with van der Waals surface area (Å²) in [6.07, 6.45) is 3.89. The van der Waals surface area contributed by atoms with Gasteiger partial charge in [-0.3, -0.25) is 0 Å².